The summed E-state index contributed by atoms with van der Waals surface area (Å²) >= 11 is 1.78. The number of halogens is 1. The molecule has 3 nitrogen and oxygen atoms in total. The van der Waals surface area contributed by atoms with E-state index in [-0.39, 0.29) is 18.3 Å². The molecule has 106 valence electrons. The number of rotatable bonds is 1. The van der Waals surface area contributed by atoms with Gasteiger partial charge in [-0.15, -0.1) is 23.7 Å². The highest BCUT2D eigenvalue weighted by Crippen LogP contribution is 2.31. The largest absolute Gasteiger partial charge is 0.336 e. The molecule has 5 heteroatoms. The van der Waals surface area contributed by atoms with E-state index in [1.165, 1.54) is 29.7 Å². The molecule has 1 aromatic heterocycles. The van der Waals surface area contributed by atoms with E-state index in [4.69, 9.17) is 0 Å². The van der Waals surface area contributed by atoms with E-state index < -0.39 is 0 Å². The first-order valence-corrected chi connectivity index (χ1v) is 7.75. The van der Waals surface area contributed by atoms with Crippen LogP contribution in [0.15, 0.2) is 5.38 Å². The number of nitrogens with zero attached hydrogens (tertiary/aromatic N) is 1. The van der Waals surface area contributed by atoms with Crippen molar-refractivity contribution in [3.05, 3.63) is 21.4 Å². The number of hydrogen-bond donors (Lipinski definition) is 1. The minimum absolute atomic E-state index is 0. The molecule has 3 rings (SSSR count). The van der Waals surface area contributed by atoms with Gasteiger partial charge in [-0.1, -0.05) is 0 Å². The number of aryl methyl sites for hydroxylation is 1. The molecule has 0 aromatic carbocycles. The van der Waals surface area contributed by atoms with E-state index in [1.54, 1.807) is 11.3 Å². The Bertz CT molecular complexity index is 460. The van der Waals surface area contributed by atoms with E-state index in [0.717, 1.165) is 31.6 Å². The molecule has 2 aliphatic rings. The third-order valence-corrected chi connectivity index (χ3v) is 5.04. The Kier molecular flexibility index (Phi) is 4.87. The lowest BCUT2D eigenvalue weighted by Gasteiger charge is -2.32. The zero-order valence-corrected chi connectivity index (χ0v) is 12.9. The van der Waals surface area contributed by atoms with Crippen LogP contribution in [0, 0.1) is 0 Å². The summed E-state index contributed by atoms with van der Waals surface area (Å²) in [5.41, 5.74) is 2.34. The Morgan fingerprint density at radius 2 is 2.21 bits per heavy atom. The Balaban J connectivity index is 0.00000133. The lowest BCUT2D eigenvalue weighted by atomic mass is 9.95. The summed E-state index contributed by atoms with van der Waals surface area (Å²) in [5, 5.41) is 5.47. The number of nitrogens with one attached hydrogen (secondary N) is 1. The lowest BCUT2D eigenvalue weighted by molar-refractivity contribution is 0.0708. The van der Waals surface area contributed by atoms with Crippen molar-refractivity contribution in [2.45, 2.75) is 38.6 Å². The molecule has 1 amide bonds. The molecular formula is C14H21ClN2OS. The number of carbonyl (C=O) groups is 1. The number of piperazine rings is 1. The predicted octanol–water partition coefficient (Wildman–Crippen LogP) is 2.48. The van der Waals surface area contributed by atoms with Gasteiger partial charge in [0.05, 0.1) is 5.56 Å². The maximum absolute atomic E-state index is 12.6. The van der Waals surface area contributed by atoms with Gasteiger partial charge in [-0.3, -0.25) is 4.79 Å². The second-order valence-electron chi connectivity index (χ2n) is 5.36. The third kappa shape index (κ3) is 2.96. The van der Waals surface area contributed by atoms with Gasteiger partial charge in [0.15, 0.2) is 0 Å². The van der Waals surface area contributed by atoms with Crippen molar-refractivity contribution >= 4 is 29.7 Å². The van der Waals surface area contributed by atoms with Crippen LogP contribution in [0.4, 0.5) is 0 Å². The molecule has 0 saturated carbocycles. The molecule has 1 aromatic rings. The number of amides is 1. The topological polar surface area (TPSA) is 32.3 Å². The first-order chi connectivity index (χ1) is 8.75. The number of carbonyl (C=O) groups excluding carboxylic acids is 1. The van der Waals surface area contributed by atoms with Crippen LogP contribution >= 0.6 is 23.7 Å². The van der Waals surface area contributed by atoms with Crippen LogP contribution in [-0.4, -0.2) is 36.5 Å². The fourth-order valence-electron chi connectivity index (χ4n) is 2.96. The average Bonchev–Trinajstić information content (AvgIpc) is 2.82. The molecule has 2 heterocycles. The zero-order valence-electron chi connectivity index (χ0n) is 11.3. The molecule has 1 N–H and O–H groups in total. The van der Waals surface area contributed by atoms with Crippen molar-refractivity contribution in [1.82, 2.24) is 10.2 Å². The fourth-order valence-corrected chi connectivity index (χ4v) is 4.08. The van der Waals surface area contributed by atoms with E-state index in [1.807, 2.05) is 4.90 Å². The Morgan fingerprint density at radius 3 is 3.00 bits per heavy atom. The summed E-state index contributed by atoms with van der Waals surface area (Å²) in [4.78, 5) is 16.0. The third-order valence-electron chi connectivity index (χ3n) is 3.95. The smallest absolute Gasteiger partial charge is 0.255 e. The Morgan fingerprint density at radius 1 is 1.42 bits per heavy atom. The molecule has 1 saturated heterocycles. The van der Waals surface area contributed by atoms with Gasteiger partial charge in [-0.05, 0) is 38.2 Å². The van der Waals surface area contributed by atoms with Gasteiger partial charge < -0.3 is 10.2 Å². The van der Waals surface area contributed by atoms with Crippen LogP contribution in [0.25, 0.3) is 0 Å². The highest BCUT2D eigenvalue weighted by Gasteiger charge is 2.26. The van der Waals surface area contributed by atoms with Crippen LogP contribution in [0.1, 0.15) is 40.6 Å². The van der Waals surface area contributed by atoms with Gasteiger partial charge >= 0.3 is 0 Å². The Hall–Kier alpha value is -0.580. The summed E-state index contributed by atoms with van der Waals surface area (Å²) in [5.74, 6) is 0.253. The fraction of sp³-hybridized carbons (Fsp3) is 0.643. The van der Waals surface area contributed by atoms with Crippen molar-refractivity contribution in [2.75, 3.05) is 19.6 Å². The highest BCUT2D eigenvalue weighted by molar-refractivity contribution is 7.10. The van der Waals surface area contributed by atoms with Gasteiger partial charge in [0.25, 0.3) is 5.91 Å². The quantitative estimate of drug-likeness (QED) is 0.864. The summed E-state index contributed by atoms with van der Waals surface area (Å²) in [6, 6.07) is 0.414. The Labute approximate surface area is 124 Å². The molecule has 1 aliphatic heterocycles. The minimum Gasteiger partial charge on any atom is -0.336 e. The van der Waals surface area contributed by atoms with Crippen LogP contribution in [0.3, 0.4) is 0 Å². The molecule has 1 unspecified atom stereocenters. The second kappa shape index (κ2) is 6.25. The molecule has 1 fully saturated rings. The van der Waals surface area contributed by atoms with Crippen LogP contribution in [0.2, 0.25) is 0 Å². The van der Waals surface area contributed by atoms with Gasteiger partial charge in [0, 0.05) is 35.9 Å². The molecule has 19 heavy (non-hydrogen) atoms. The summed E-state index contributed by atoms with van der Waals surface area (Å²) in [6.07, 6.45) is 4.79. The lowest BCUT2D eigenvalue weighted by Crippen LogP contribution is -2.51. The van der Waals surface area contributed by atoms with Crippen LogP contribution in [0.5, 0.6) is 0 Å². The minimum atomic E-state index is 0. The molecule has 1 atom stereocenters. The van der Waals surface area contributed by atoms with Crippen molar-refractivity contribution < 1.29 is 4.79 Å². The maximum atomic E-state index is 12.6. The second-order valence-corrected chi connectivity index (χ2v) is 6.33. The molecule has 0 bridgehead atoms. The van der Waals surface area contributed by atoms with Crippen molar-refractivity contribution in [3.63, 3.8) is 0 Å². The van der Waals surface area contributed by atoms with E-state index in [2.05, 4.69) is 17.6 Å². The van der Waals surface area contributed by atoms with E-state index in [0.29, 0.717) is 6.04 Å². The molecule has 0 spiro atoms. The van der Waals surface area contributed by atoms with Crippen LogP contribution in [-0.2, 0) is 12.8 Å². The highest BCUT2D eigenvalue weighted by atomic mass is 35.5. The first-order valence-electron chi connectivity index (χ1n) is 6.87. The summed E-state index contributed by atoms with van der Waals surface area (Å²) in [6.45, 7) is 4.74. The van der Waals surface area contributed by atoms with Gasteiger partial charge in [0.2, 0.25) is 0 Å². The number of hydrogen-bond acceptors (Lipinski definition) is 3. The van der Waals surface area contributed by atoms with Crippen molar-refractivity contribution in [2.24, 2.45) is 0 Å². The summed E-state index contributed by atoms with van der Waals surface area (Å²) < 4.78 is 0. The SMILES string of the molecule is CC1CN(C(=O)c2csc3c2CCCC3)CCN1.Cl. The normalized spacial score (nSPS) is 22.6. The average molecular weight is 301 g/mol. The van der Waals surface area contributed by atoms with E-state index >= 15 is 0 Å². The number of thiophene rings is 1. The standard InChI is InChI=1S/C14H20N2OS.ClH/c1-10-8-16(7-6-15-10)14(17)12-9-18-13-5-3-2-4-11(12)13;/h9-10,15H,2-8H2,1H3;1H. The predicted molar refractivity (Wildman–Crippen MR) is 81.6 cm³/mol. The zero-order chi connectivity index (χ0) is 12.5. The molecular weight excluding hydrogens is 280 g/mol. The van der Waals surface area contributed by atoms with E-state index in [9.17, 15) is 4.79 Å². The van der Waals surface area contributed by atoms with Crippen LogP contribution < -0.4 is 5.32 Å². The van der Waals surface area contributed by atoms with Gasteiger partial charge in [-0.25, -0.2) is 0 Å². The molecule has 1 aliphatic carbocycles. The molecule has 0 radical (unpaired) electrons. The van der Waals surface area contributed by atoms with Crippen molar-refractivity contribution in [3.8, 4) is 0 Å². The summed E-state index contributed by atoms with van der Waals surface area (Å²) in [7, 11) is 0. The monoisotopic (exact) mass is 300 g/mol. The first kappa shape index (κ1) is 14.8. The van der Waals surface area contributed by atoms with Gasteiger partial charge in [-0.2, -0.15) is 0 Å². The number of fused-ring (bicyclic) bond motifs is 1. The van der Waals surface area contributed by atoms with Gasteiger partial charge in [0.1, 0.15) is 0 Å². The maximum Gasteiger partial charge on any atom is 0.255 e. The van der Waals surface area contributed by atoms with Crippen molar-refractivity contribution in [1.29, 1.82) is 0 Å².